The van der Waals surface area contributed by atoms with E-state index in [9.17, 15) is 14.4 Å². The van der Waals surface area contributed by atoms with Gasteiger partial charge in [-0.15, -0.1) is 0 Å². The quantitative estimate of drug-likeness (QED) is 0.165. The van der Waals surface area contributed by atoms with E-state index in [0.29, 0.717) is 44.4 Å². The van der Waals surface area contributed by atoms with Gasteiger partial charge in [0.25, 0.3) is 0 Å². The van der Waals surface area contributed by atoms with Gasteiger partial charge in [0.2, 0.25) is 5.89 Å². The van der Waals surface area contributed by atoms with Gasteiger partial charge < -0.3 is 33.4 Å². The van der Waals surface area contributed by atoms with Crippen molar-refractivity contribution in [2.45, 2.75) is 102 Å². The number of esters is 2. The minimum atomic E-state index is -0.516. The molecule has 0 saturated carbocycles. The molecular formula is C31H44N2O9. The topological polar surface area (TPSA) is 135 Å². The molecule has 11 heteroatoms. The van der Waals surface area contributed by atoms with Crippen molar-refractivity contribution in [2.24, 2.45) is 0 Å². The van der Waals surface area contributed by atoms with E-state index >= 15 is 0 Å². The molecule has 2 aliphatic heterocycles. The fraction of sp³-hybridized carbons (Fsp3) is 0.613. The van der Waals surface area contributed by atoms with Crippen LogP contribution >= 0.6 is 0 Å². The maximum Gasteiger partial charge on any atom is 0.407 e. The number of amides is 1. The SMILES string of the molecule is CCC[C@@H]1C[C@@H](OC)C/C(C)=C\[C@@H]2C[C@H](OC(=O)/C=C/CCc3coc(/C=C/CNC(=O)OC)n3)C[C@H](CC(=O)O1)O2. The second-order valence-corrected chi connectivity index (χ2v) is 10.6. The van der Waals surface area contributed by atoms with Crippen LogP contribution in [-0.4, -0.2) is 74.3 Å². The Labute approximate surface area is 247 Å². The molecule has 0 spiro atoms. The van der Waals surface area contributed by atoms with Crippen molar-refractivity contribution in [3.8, 4) is 0 Å². The molecule has 1 aromatic rings. The molecule has 1 amide bonds. The third-order valence-electron chi connectivity index (χ3n) is 7.05. The van der Waals surface area contributed by atoms with Crippen molar-refractivity contribution in [1.82, 2.24) is 10.3 Å². The van der Waals surface area contributed by atoms with Crippen LogP contribution in [0.4, 0.5) is 4.79 Å². The highest BCUT2D eigenvalue weighted by Crippen LogP contribution is 2.29. The number of nitrogens with one attached hydrogen (secondary N) is 1. The third-order valence-corrected chi connectivity index (χ3v) is 7.05. The number of cyclic esters (lactones) is 1. The molecule has 0 aromatic carbocycles. The summed E-state index contributed by atoms with van der Waals surface area (Å²) in [5, 5.41) is 2.53. The van der Waals surface area contributed by atoms with E-state index in [4.69, 9.17) is 23.4 Å². The smallest absolute Gasteiger partial charge is 0.407 e. The summed E-state index contributed by atoms with van der Waals surface area (Å²) >= 11 is 0. The summed E-state index contributed by atoms with van der Waals surface area (Å²) in [4.78, 5) is 40.8. The summed E-state index contributed by atoms with van der Waals surface area (Å²) in [6.07, 6.45) is 13.6. The second kappa shape index (κ2) is 17.5. The lowest BCUT2D eigenvalue weighted by Crippen LogP contribution is -2.39. The van der Waals surface area contributed by atoms with Crippen molar-refractivity contribution in [3.05, 3.63) is 47.7 Å². The van der Waals surface area contributed by atoms with Crippen molar-refractivity contribution < 1.29 is 42.5 Å². The van der Waals surface area contributed by atoms with Gasteiger partial charge in [-0.2, -0.15) is 0 Å². The van der Waals surface area contributed by atoms with Crippen LogP contribution < -0.4 is 5.32 Å². The molecule has 11 nitrogen and oxygen atoms in total. The van der Waals surface area contributed by atoms with Crippen LogP contribution in [0.2, 0.25) is 0 Å². The van der Waals surface area contributed by atoms with Gasteiger partial charge in [0, 0.05) is 39.0 Å². The minimum Gasteiger partial charge on any atom is -0.462 e. The number of nitrogens with zero attached hydrogens (tertiary/aromatic N) is 1. The number of carbonyl (C=O) groups excluding carboxylic acids is 3. The van der Waals surface area contributed by atoms with Gasteiger partial charge in [-0.05, 0) is 38.7 Å². The number of aromatic nitrogens is 1. The Kier molecular flexibility index (Phi) is 13.8. The number of fused-ring (bicyclic) bond motifs is 2. The molecule has 0 unspecified atom stereocenters. The standard InChI is InChI=1S/C31H44N2O9/c1-5-9-23-16-24(37-3)14-21(2)15-25-17-26(18-27(40-25)19-30(35)41-23)42-29(34)12-7-6-10-22-20-39-28(33-22)11-8-13-32-31(36)38-4/h7-8,11-12,15,20,23-27H,5-6,9-10,13-14,16-19H2,1-4H3,(H,32,36)/b11-8+,12-7+,21-15-/t23-,24+,25-,26+,27-/m1/s1. The summed E-state index contributed by atoms with van der Waals surface area (Å²) in [5.74, 6) is -0.320. The largest absolute Gasteiger partial charge is 0.462 e. The van der Waals surface area contributed by atoms with E-state index in [-0.39, 0.29) is 43.4 Å². The number of aryl methyl sites for hydroxylation is 1. The molecule has 1 saturated heterocycles. The number of ether oxygens (including phenoxy) is 5. The maximum atomic E-state index is 12.8. The molecule has 1 aromatic heterocycles. The predicted molar refractivity (Wildman–Crippen MR) is 154 cm³/mol. The van der Waals surface area contributed by atoms with Crippen LogP contribution in [0.15, 0.2) is 40.6 Å². The van der Waals surface area contributed by atoms with Gasteiger partial charge in [0.05, 0.1) is 37.5 Å². The minimum absolute atomic E-state index is 0.0567. The first kappa shape index (κ1) is 33.1. The predicted octanol–water partition coefficient (Wildman–Crippen LogP) is 4.85. The van der Waals surface area contributed by atoms with Gasteiger partial charge in [-0.3, -0.25) is 4.79 Å². The fourth-order valence-corrected chi connectivity index (χ4v) is 5.11. The van der Waals surface area contributed by atoms with Crippen LogP contribution in [0.25, 0.3) is 6.08 Å². The van der Waals surface area contributed by atoms with Crippen LogP contribution in [0, 0.1) is 0 Å². The van der Waals surface area contributed by atoms with E-state index in [1.54, 1.807) is 31.6 Å². The van der Waals surface area contributed by atoms with Crippen LogP contribution in [0.5, 0.6) is 0 Å². The molecule has 5 atom stereocenters. The highest BCUT2D eigenvalue weighted by Gasteiger charge is 2.33. The number of carbonyl (C=O) groups is 3. The van der Waals surface area contributed by atoms with E-state index in [2.05, 4.69) is 28.0 Å². The molecule has 1 N–H and O–H groups in total. The van der Waals surface area contributed by atoms with Gasteiger partial charge in [-0.1, -0.05) is 37.1 Å². The first-order valence-corrected chi connectivity index (χ1v) is 14.6. The number of allylic oxidation sites excluding steroid dienone is 1. The number of hydrogen-bond acceptors (Lipinski definition) is 10. The Balaban J connectivity index is 1.51. The zero-order valence-corrected chi connectivity index (χ0v) is 25.0. The Morgan fingerprint density at radius 3 is 2.74 bits per heavy atom. The van der Waals surface area contributed by atoms with E-state index in [1.807, 2.05) is 6.92 Å². The normalized spacial score (nSPS) is 26.5. The number of hydrogen-bond donors (Lipinski definition) is 1. The summed E-state index contributed by atoms with van der Waals surface area (Å²) in [6, 6.07) is 0. The Morgan fingerprint density at radius 1 is 1.14 bits per heavy atom. The number of rotatable bonds is 11. The molecular weight excluding hydrogens is 544 g/mol. The molecule has 2 bridgehead atoms. The Bertz CT molecular complexity index is 1110. The van der Waals surface area contributed by atoms with Crippen LogP contribution in [-0.2, 0) is 39.7 Å². The molecule has 1 fully saturated rings. The number of oxazole rings is 1. The molecule has 3 heterocycles. The summed E-state index contributed by atoms with van der Waals surface area (Å²) in [5.41, 5.74) is 1.87. The highest BCUT2D eigenvalue weighted by molar-refractivity contribution is 5.82. The molecule has 0 radical (unpaired) electrons. The Morgan fingerprint density at radius 2 is 1.98 bits per heavy atom. The monoisotopic (exact) mass is 588 g/mol. The molecule has 3 rings (SSSR count). The average Bonchev–Trinajstić information content (AvgIpc) is 3.39. The lowest BCUT2D eigenvalue weighted by Gasteiger charge is -2.34. The van der Waals surface area contributed by atoms with E-state index < -0.39 is 18.2 Å². The summed E-state index contributed by atoms with van der Waals surface area (Å²) in [7, 11) is 2.98. The van der Waals surface area contributed by atoms with Crippen molar-refractivity contribution in [3.63, 3.8) is 0 Å². The van der Waals surface area contributed by atoms with Gasteiger partial charge in [0.15, 0.2) is 0 Å². The van der Waals surface area contributed by atoms with Crippen molar-refractivity contribution in [2.75, 3.05) is 20.8 Å². The van der Waals surface area contributed by atoms with Crippen LogP contribution in [0.3, 0.4) is 0 Å². The molecule has 232 valence electrons. The van der Waals surface area contributed by atoms with Gasteiger partial charge in [0.1, 0.15) is 18.5 Å². The molecule has 0 aliphatic carbocycles. The van der Waals surface area contributed by atoms with Crippen molar-refractivity contribution >= 4 is 24.1 Å². The van der Waals surface area contributed by atoms with Crippen molar-refractivity contribution in [1.29, 1.82) is 0 Å². The van der Waals surface area contributed by atoms with E-state index in [1.165, 1.54) is 13.2 Å². The van der Waals surface area contributed by atoms with Gasteiger partial charge in [-0.25, -0.2) is 14.6 Å². The second-order valence-electron chi connectivity index (χ2n) is 10.6. The Hall–Kier alpha value is -3.44. The van der Waals surface area contributed by atoms with Crippen LogP contribution in [0.1, 0.15) is 76.8 Å². The number of methoxy groups -OCH3 is 2. The molecule has 2 aliphatic rings. The van der Waals surface area contributed by atoms with Gasteiger partial charge >= 0.3 is 18.0 Å². The average molecular weight is 589 g/mol. The number of alkyl carbamates (subject to hydrolysis) is 1. The first-order chi connectivity index (χ1) is 20.3. The summed E-state index contributed by atoms with van der Waals surface area (Å²) in [6.45, 7) is 4.40. The molecule has 42 heavy (non-hydrogen) atoms. The lowest BCUT2D eigenvalue weighted by atomic mass is 9.95. The lowest BCUT2D eigenvalue weighted by molar-refractivity contribution is -0.163. The third kappa shape index (κ3) is 11.8. The zero-order chi connectivity index (χ0) is 30.3. The fourth-order valence-electron chi connectivity index (χ4n) is 5.11. The zero-order valence-electron chi connectivity index (χ0n) is 25.0. The summed E-state index contributed by atoms with van der Waals surface area (Å²) < 4.78 is 33.3. The maximum absolute atomic E-state index is 12.8. The first-order valence-electron chi connectivity index (χ1n) is 14.6. The van der Waals surface area contributed by atoms with E-state index in [0.717, 1.165) is 24.1 Å². The highest BCUT2D eigenvalue weighted by atomic mass is 16.6.